The van der Waals surface area contributed by atoms with Crippen LogP contribution < -0.4 is 0 Å². The lowest BCUT2D eigenvalue weighted by Crippen LogP contribution is -1.95. The van der Waals surface area contributed by atoms with Crippen molar-refractivity contribution in [1.82, 2.24) is 0 Å². The van der Waals surface area contributed by atoms with Gasteiger partial charge in [0.1, 0.15) is 0 Å². The number of benzene rings is 1. The molecule has 0 fully saturated rings. The van der Waals surface area contributed by atoms with E-state index in [-0.39, 0.29) is 0 Å². The van der Waals surface area contributed by atoms with Crippen molar-refractivity contribution < 1.29 is 13.7 Å². The van der Waals surface area contributed by atoms with Crippen LogP contribution in [-0.4, -0.2) is 17.3 Å². The molecule has 15 heavy (non-hydrogen) atoms. The number of carbonyl (C=O) groups is 1. The molecular formula is C11H12O3S. The van der Waals surface area contributed by atoms with E-state index in [4.69, 9.17) is 0 Å². The third kappa shape index (κ3) is 3.67. The Kier molecular flexibility index (Phi) is 4.24. The molecule has 0 saturated carbocycles. The van der Waals surface area contributed by atoms with Crippen molar-refractivity contribution in [3.8, 4) is 0 Å². The van der Waals surface area contributed by atoms with Crippen LogP contribution in [0.4, 0.5) is 0 Å². The molecule has 80 valence electrons. The van der Waals surface area contributed by atoms with Crippen molar-refractivity contribution >= 4 is 16.8 Å². The van der Waals surface area contributed by atoms with E-state index in [0.717, 1.165) is 11.6 Å². The van der Waals surface area contributed by atoms with Crippen molar-refractivity contribution in [3.63, 3.8) is 0 Å². The number of ether oxygens (including phenoxy) is 1. The van der Waals surface area contributed by atoms with Crippen molar-refractivity contribution in [1.29, 1.82) is 0 Å². The van der Waals surface area contributed by atoms with Gasteiger partial charge in [0.15, 0.2) is 0 Å². The molecule has 0 aromatic heterocycles. The maximum atomic E-state index is 11.6. The van der Waals surface area contributed by atoms with Crippen LogP contribution in [0.25, 0.3) is 0 Å². The number of hydrogen-bond donors (Lipinski definition) is 0. The average molecular weight is 224 g/mol. The Bertz CT molecular complexity index is 393. The maximum absolute atomic E-state index is 11.6. The molecule has 3 nitrogen and oxygen atoms in total. The highest BCUT2D eigenvalue weighted by molar-refractivity contribution is 7.88. The number of esters is 1. The molecule has 0 spiro atoms. The fourth-order valence-corrected chi connectivity index (χ4v) is 1.73. The van der Waals surface area contributed by atoms with Gasteiger partial charge in [-0.15, -0.1) is 0 Å². The van der Waals surface area contributed by atoms with Gasteiger partial charge in [0.05, 0.1) is 17.9 Å². The van der Waals surface area contributed by atoms with Crippen LogP contribution in [0.3, 0.4) is 0 Å². The maximum Gasteiger partial charge on any atom is 0.331 e. The first-order chi connectivity index (χ1) is 7.13. The van der Waals surface area contributed by atoms with E-state index in [9.17, 15) is 9.00 Å². The molecule has 1 aromatic carbocycles. The molecule has 0 saturated heterocycles. The first-order valence-corrected chi connectivity index (χ1v) is 5.58. The first kappa shape index (κ1) is 11.7. The zero-order chi connectivity index (χ0) is 11.3. The van der Waals surface area contributed by atoms with Crippen LogP contribution in [0.15, 0.2) is 40.6 Å². The van der Waals surface area contributed by atoms with Gasteiger partial charge in [-0.3, -0.25) is 0 Å². The number of rotatable bonds is 3. The minimum atomic E-state index is -1.30. The first-order valence-electron chi connectivity index (χ1n) is 4.37. The molecular weight excluding hydrogens is 212 g/mol. The van der Waals surface area contributed by atoms with Crippen LogP contribution in [0, 0.1) is 6.92 Å². The van der Waals surface area contributed by atoms with E-state index in [1.54, 1.807) is 12.1 Å². The Labute approximate surface area is 91.2 Å². The molecule has 1 rings (SSSR count). The van der Waals surface area contributed by atoms with Gasteiger partial charge in [0.25, 0.3) is 0 Å². The predicted octanol–water partition coefficient (Wildman–Crippen LogP) is 1.79. The molecule has 0 aliphatic rings. The highest BCUT2D eigenvalue weighted by Gasteiger charge is 2.00. The lowest BCUT2D eigenvalue weighted by Gasteiger charge is -1.97. The fourth-order valence-electron chi connectivity index (χ4n) is 0.936. The summed E-state index contributed by atoms with van der Waals surface area (Å²) >= 11 is 0. The molecule has 1 atom stereocenters. The molecule has 0 heterocycles. The molecule has 4 heteroatoms. The second kappa shape index (κ2) is 5.46. The quantitative estimate of drug-likeness (QED) is 0.580. The van der Waals surface area contributed by atoms with Crippen molar-refractivity contribution in [2.45, 2.75) is 11.8 Å². The van der Waals surface area contributed by atoms with Gasteiger partial charge >= 0.3 is 5.97 Å². The topological polar surface area (TPSA) is 43.4 Å². The molecule has 0 unspecified atom stereocenters. The second-order valence-corrected chi connectivity index (χ2v) is 4.27. The van der Waals surface area contributed by atoms with Crippen LogP contribution in [0.5, 0.6) is 0 Å². The standard InChI is InChI=1S/C11H12O3S/c1-9-3-5-10(6-4-9)15(13)8-7-11(12)14-2/h3-8H,1-2H3/b8-7-/t15-/m1/s1. The number of carbonyl (C=O) groups excluding carboxylic acids is 1. The van der Waals surface area contributed by atoms with Crippen LogP contribution >= 0.6 is 0 Å². The van der Waals surface area contributed by atoms with E-state index >= 15 is 0 Å². The van der Waals surface area contributed by atoms with Crippen molar-refractivity contribution in [2.24, 2.45) is 0 Å². The lowest BCUT2D eigenvalue weighted by molar-refractivity contribution is -0.134. The Morgan fingerprint density at radius 2 is 1.93 bits per heavy atom. The van der Waals surface area contributed by atoms with E-state index < -0.39 is 16.8 Å². The molecule has 1 aromatic rings. The van der Waals surface area contributed by atoms with E-state index in [0.29, 0.717) is 4.90 Å². The van der Waals surface area contributed by atoms with Crippen LogP contribution in [0.2, 0.25) is 0 Å². The smallest absolute Gasteiger partial charge is 0.331 e. The third-order valence-corrected chi connectivity index (χ3v) is 2.90. The van der Waals surface area contributed by atoms with Gasteiger partial charge in [-0.1, -0.05) is 17.7 Å². The number of hydrogen-bond acceptors (Lipinski definition) is 3. The summed E-state index contributed by atoms with van der Waals surface area (Å²) in [5, 5.41) is 1.32. The average Bonchev–Trinajstić information content (AvgIpc) is 2.26. The molecule has 0 N–H and O–H groups in total. The van der Waals surface area contributed by atoms with Crippen LogP contribution in [-0.2, 0) is 20.3 Å². The molecule has 0 amide bonds. The highest BCUT2D eigenvalue weighted by Crippen LogP contribution is 2.09. The zero-order valence-corrected chi connectivity index (χ0v) is 9.41. The van der Waals surface area contributed by atoms with Crippen molar-refractivity contribution in [3.05, 3.63) is 41.3 Å². The number of methoxy groups -OCH3 is 1. The predicted molar refractivity (Wildman–Crippen MR) is 58.7 cm³/mol. The Morgan fingerprint density at radius 1 is 1.33 bits per heavy atom. The summed E-state index contributed by atoms with van der Waals surface area (Å²) in [6.45, 7) is 1.96. The Hall–Kier alpha value is -1.42. The van der Waals surface area contributed by atoms with Gasteiger partial charge in [0.2, 0.25) is 0 Å². The van der Waals surface area contributed by atoms with Gasteiger partial charge in [-0.25, -0.2) is 9.00 Å². The number of aryl methyl sites for hydroxylation is 1. The lowest BCUT2D eigenvalue weighted by atomic mass is 10.2. The highest BCUT2D eigenvalue weighted by atomic mass is 32.2. The zero-order valence-electron chi connectivity index (χ0n) is 8.60. The normalized spacial score (nSPS) is 12.7. The van der Waals surface area contributed by atoms with Crippen molar-refractivity contribution in [2.75, 3.05) is 7.11 Å². The minimum absolute atomic E-state index is 0.504. The summed E-state index contributed by atoms with van der Waals surface area (Å²) in [4.78, 5) is 11.4. The monoisotopic (exact) mass is 224 g/mol. The minimum Gasteiger partial charge on any atom is -0.466 e. The van der Waals surface area contributed by atoms with Gasteiger partial charge < -0.3 is 4.74 Å². The largest absolute Gasteiger partial charge is 0.466 e. The summed E-state index contributed by atoms with van der Waals surface area (Å²) in [6.07, 6.45) is 1.16. The summed E-state index contributed by atoms with van der Waals surface area (Å²) < 4.78 is 16.0. The van der Waals surface area contributed by atoms with Crippen LogP contribution in [0.1, 0.15) is 5.56 Å². The molecule has 0 bridgehead atoms. The third-order valence-electron chi connectivity index (χ3n) is 1.78. The van der Waals surface area contributed by atoms with Gasteiger partial charge in [0, 0.05) is 16.4 Å². The van der Waals surface area contributed by atoms with Gasteiger partial charge in [-0.2, -0.15) is 0 Å². The summed E-state index contributed by atoms with van der Waals surface area (Å²) in [5.74, 6) is -0.504. The fraction of sp³-hybridized carbons (Fsp3) is 0.182. The summed E-state index contributed by atoms with van der Waals surface area (Å²) in [5.41, 5.74) is 1.10. The molecule has 0 aliphatic heterocycles. The summed E-state index contributed by atoms with van der Waals surface area (Å²) in [7, 11) is -0.0160. The molecule has 0 radical (unpaired) electrons. The second-order valence-electron chi connectivity index (χ2n) is 2.94. The SMILES string of the molecule is COC(=O)/C=C\[S@@](=O)c1ccc(C)cc1. The molecule has 0 aliphatic carbocycles. The Morgan fingerprint density at radius 3 is 2.47 bits per heavy atom. The van der Waals surface area contributed by atoms with Gasteiger partial charge in [-0.05, 0) is 19.1 Å². The van der Waals surface area contributed by atoms with E-state index in [1.165, 1.54) is 12.5 Å². The Balaban J connectivity index is 2.73. The summed E-state index contributed by atoms with van der Waals surface area (Å²) in [6, 6.07) is 7.29. The van der Waals surface area contributed by atoms with E-state index in [1.807, 2.05) is 19.1 Å². The van der Waals surface area contributed by atoms with E-state index in [2.05, 4.69) is 4.74 Å².